The molecule has 0 atom stereocenters. The summed E-state index contributed by atoms with van der Waals surface area (Å²) >= 11 is 7.66. The molecule has 96 valence electrons. The molecule has 0 saturated heterocycles. The van der Waals surface area contributed by atoms with E-state index in [1.807, 2.05) is 6.07 Å². The summed E-state index contributed by atoms with van der Waals surface area (Å²) in [6, 6.07) is 1.86. The van der Waals surface area contributed by atoms with Crippen molar-refractivity contribution < 1.29 is 0 Å². The fourth-order valence-electron chi connectivity index (χ4n) is 1.51. The molecule has 2 aromatic rings. The Hall–Kier alpha value is -1.04. The summed E-state index contributed by atoms with van der Waals surface area (Å²) in [5.74, 6) is 0. The van der Waals surface area contributed by atoms with Crippen LogP contribution in [-0.2, 0) is 6.42 Å². The predicted molar refractivity (Wildman–Crippen MR) is 75.0 cm³/mol. The summed E-state index contributed by atoms with van der Waals surface area (Å²) < 4.78 is 0. The molecule has 0 fully saturated rings. The molecule has 0 aliphatic heterocycles. The molecule has 2 aromatic heterocycles. The van der Waals surface area contributed by atoms with Crippen LogP contribution < -0.4 is 5.32 Å². The van der Waals surface area contributed by atoms with E-state index >= 15 is 0 Å². The number of rotatable bonds is 6. The zero-order valence-corrected chi connectivity index (χ0v) is 11.8. The van der Waals surface area contributed by atoms with Crippen molar-refractivity contribution in [3.8, 4) is 10.6 Å². The van der Waals surface area contributed by atoms with Crippen LogP contribution in [0, 0.1) is 0 Å². The standard InChI is InChI=1S/C12H15ClN4S/c1-2-5-14-7-4-11-16-17-12(18-11)9-3-6-15-8-10(9)13/h3,6,8,14H,2,4-5,7H2,1H3. The van der Waals surface area contributed by atoms with Crippen molar-refractivity contribution in [2.45, 2.75) is 19.8 Å². The molecule has 4 nitrogen and oxygen atoms in total. The first-order chi connectivity index (χ1) is 8.81. The van der Waals surface area contributed by atoms with Crippen molar-refractivity contribution >= 4 is 22.9 Å². The average Bonchev–Trinajstić information content (AvgIpc) is 2.84. The van der Waals surface area contributed by atoms with E-state index in [1.165, 1.54) is 0 Å². The lowest BCUT2D eigenvalue weighted by atomic mass is 10.3. The molecule has 2 heterocycles. The zero-order valence-electron chi connectivity index (χ0n) is 10.2. The van der Waals surface area contributed by atoms with Crippen molar-refractivity contribution in [2.75, 3.05) is 13.1 Å². The topological polar surface area (TPSA) is 50.7 Å². The maximum Gasteiger partial charge on any atom is 0.149 e. The lowest BCUT2D eigenvalue weighted by molar-refractivity contribution is 0.668. The molecule has 0 amide bonds. The minimum atomic E-state index is 0.615. The highest BCUT2D eigenvalue weighted by Gasteiger charge is 2.09. The molecule has 18 heavy (non-hydrogen) atoms. The van der Waals surface area contributed by atoms with Crippen LogP contribution in [0.5, 0.6) is 0 Å². The van der Waals surface area contributed by atoms with Gasteiger partial charge in [0.05, 0.1) is 5.02 Å². The third-order valence-electron chi connectivity index (χ3n) is 2.41. The van der Waals surface area contributed by atoms with Crippen LogP contribution in [0.3, 0.4) is 0 Å². The minimum absolute atomic E-state index is 0.615. The highest BCUT2D eigenvalue weighted by atomic mass is 35.5. The maximum atomic E-state index is 6.08. The molecule has 6 heteroatoms. The Morgan fingerprint density at radius 1 is 1.33 bits per heavy atom. The molecule has 0 unspecified atom stereocenters. The maximum absolute atomic E-state index is 6.08. The number of aromatic nitrogens is 3. The van der Waals surface area contributed by atoms with E-state index in [1.54, 1.807) is 23.7 Å². The Morgan fingerprint density at radius 3 is 3.00 bits per heavy atom. The molecule has 0 saturated carbocycles. The normalized spacial score (nSPS) is 10.8. The van der Waals surface area contributed by atoms with E-state index in [-0.39, 0.29) is 0 Å². The first kappa shape index (κ1) is 13.4. The highest BCUT2D eigenvalue weighted by Crippen LogP contribution is 2.29. The van der Waals surface area contributed by atoms with Crippen molar-refractivity contribution in [2.24, 2.45) is 0 Å². The van der Waals surface area contributed by atoms with Gasteiger partial charge >= 0.3 is 0 Å². The Kier molecular flexibility index (Phi) is 5.04. The van der Waals surface area contributed by atoms with Gasteiger partial charge in [0.15, 0.2) is 0 Å². The summed E-state index contributed by atoms with van der Waals surface area (Å²) in [5, 5.41) is 14.2. The highest BCUT2D eigenvalue weighted by molar-refractivity contribution is 7.14. The van der Waals surface area contributed by atoms with Crippen molar-refractivity contribution in [1.82, 2.24) is 20.5 Å². The van der Waals surface area contributed by atoms with E-state index in [2.05, 4.69) is 27.4 Å². The summed E-state index contributed by atoms with van der Waals surface area (Å²) in [6.07, 6.45) is 5.39. The summed E-state index contributed by atoms with van der Waals surface area (Å²) in [4.78, 5) is 3.96. The number of nitrogens with one attached hydrogen (secondary N) is 1. The SMILES string of the molecule is CCCNCCc1nnc(-c2ccncc2Cl)s1. The molecular formula is C12H15ClN4S. The first-order valence-electron chi connectivity index (χ1n) is 5.94. The van der Waals surface area contributed by atoms with Gasteiger partial charge < -0.3 is 5.32 Å². The molecule has 0 bridgehead atoms. The van der Waals surface area contributed by atoms with Crippen LogP contribution >= 0.6 is 22.9 Å². The van der Waals surface area contributed by atoms with Gasteiger partial charge in [-0.2, -0.15) is 0 Å². The number of nitrogens with zero attached hydrogens (tertiary/aromatic N) is 3. The molecular weight excluding hydrogens is 268 g/mol. The van der Waals surface area contributed by atoms with Gasteiger partial charge in [0, 0.05) is 30.9 Å². The van der Waals surface area contributed by atoms with Crippen molar-refractivity contribution in [3.05, 3.63) is 28.5 Å². The van der Waals surface area contributed by atoms with Crippen LogP contribution in [0.25, 0.3) is 10.6 Å². The predicted octanol–water partition coefficient (Wildman–Crippen LogP) is 2.80. The number of halogens is 1. The molecule has 0 spiro atoms. The molecule has 0 aromatic carbocycles. The van der Waals surface area contributed by atoms with Gasteiger partial charge in [-0.15, -0.1) is 10.2 Å². The fraction of sp³-hybridized carbons (Fsp3) is 0.417. The Bertz CT molecular complexity index is 500. The van der Waals surface area contributed by atoms with E-state index in [9.17, 15) is 0 Å². The average molecular weight is 283 g/mol. The molecule has 0 radical (unpaired) electrons. The largest absolute Gasteiger partial charge is 0.316 e. The van der Waals surface area contributed by atoms with Crippen LogP contribution in [0.1, 0.15) is 18.4 Å². The van der Waals surface area contributed by atoms with Gasteiger partial charge in [0.1, 0.15) is 10.0 Å². The summed E-state index contributed by atoms with van der Waals surface area (Å²) in [6.45, 7) is 4.13. The van der Waals surface area contributed by atoms with Crippen LogP contribution in [0.15, 0.2) is 18.5 Å². The zero-order chi connectivity index (χ0) is 12.8. The van der Waals surface area contributed by atoms with E-state index in [4.69, 9.17) is 11.6 Å². The monoisotopic (exact) mass is 282 g/mol. The van der Waals surface area contributed by atoms with Gasteiger partial charge in [0.25, 0.3) is 0 Å². The molecule has 0 aliphatic carbocycles. The number of pyridine rings is 1. The minimum Gasteiger partial charge on any atom is -0.316 e. The summed E-state index contributed by atoms with van der Waals surface area (Å²) in [5.41, 5.74) is 0.900. The van der Waals surface area contributed by atoms with Gasteiger partial charge in [-0.05, 0) is 19.0 Å². The van der Waals surface area contributed by atoms with Crippen LogP contribution in [0.2, 0.25) is 5.02 Å². The second kappa shape index (κ2) is 6.78. The molecule has 1 N–H and O–H groups in total. The number of hydrogen-bond acceptors (Lipinski definition) is 5. The lowest BCUT2D eigenvalue weighted by Gasteiger charge is -1.99. The van der Waals surface area contributed by atoms with Gasteiger partial charge in [-0.25, -0.2) is 0 Å². The van der Waals surface area contributed by atoms with E-state index < -0.39 is 0 Å². The molecule has 0 aliphatic rings. The second-order valence-corrected chi connectivity index (χ2v) is 5.33. The van der Waals surface area contributed by atoms with Crippen LogP contribution in [-0.4, -0.2) is 28.3 Å². The van der Waals surface area contributed by atoms with Gasteiger partial charge in [0.2, 0.25) is 0 Å². The van der Waals surface area contributed by atoms with Crippen molar-refractivity contribution in [1.29, 1.82) is 0 Å². The number of hydrogen-bond donors (Lipinski definition) is 1. The Labute approximate surface area is 115 Å². The molecule has 2 rings (SSSR count). The van der Waals surface area contributed by atoms with Gasteiger partial charge in [-0.1, -0.05) is 29.9 Å². The summed E-state index contributed by atoms with van der Waals surface area (Å²) in [7, 11) is 0. The van der Waals surface area contributed by atoms with E-state index in [0.29, 0.717) is 5.02 Å². The smallest absolute Gasteiger partial charge is 0.149 e. The van der Waals surface area contributed by atoms with Gasteiger partial charge in [-0.3, -0.25) is 4.98 Å². The van der Waals surface area contributed by atoms with Crippen LogP contribution in [0.4, 0.5) is 0 Å². The fourth-order valence-corrected chi connectivity index (χ4v) is 2.65. The lowest BCUT2D eigenvalue weighted by Crippen LogP contribution is -2.17. The third-order valence-corrected chi connectivity index (χ3v) is 3.73. The second-order valence-electron chi connectivity index (χ2n) is 3.86. The Balaban J connectivity index is 2.00. The quantitative estimate of drug-likeness (QED) is 0.828. The van der Waals surface area contributed by atoms with Crippen molar-refractivity contribution in [3.63, 3.8) is 0 Å². The van der Waals surface area contributed by atoms with E-state index in [0.717, 1.165) is 41.5 Å². The Morgan fingerprint density at radius 2 is 2.22 bits per heavy atom. The third kappa shape index (κ3) is 3.48. The first-order valence-corrected chi connectivity index (χ1v) is 7.13.